The molecule has 6 nitrogen and oxygen atoms in total. The zero-order valence-electron chi connectivity index (χ0n) is 12.0. The molecule has 22 heavy (non-hydrogen) atoms. The largest absolute Gasteiger partial charge is 0.478 e. The molecule has 0 aliphatic heterocycles. The maximum Gasteiger partial charge on any atom is 0.412 e. The standard InChI is InChI=1S/C15H16N2O4S/c1-2-6-11-12(14(18)19)13(22-17-11)16-15(20)21-9-10-7-4-3-5-8-10/h3-5,7-8H,2,6,9H2,1H3,(H,16,20)(H,18,19). The van der Waals surface area contributed by atoms with Gasteiger partial charge in [0.25, 0.3) is 0 Å². The third-order valence-electron chi connectivity index (χ3n) is 2.89. The van der Waals surface area contributed by atoms with Crippen LogP contribution < -0.4 is 5.32 Å². The van der Waals surface area contributed by atoms with Gasteiger partial charge in [0.05, 0.1) is 5.69 Å². The minimum Gasteiger partial charge on any atom is -0.478 e. The van der Waals surface area contributed by atoms with Crippen molar-refractivity contribution in [2.45, 2.75) is 26.4 Å². The van der Waals surface area contributed by atoms with Gasteiger partial charge in [-0.05, 0) is 23.5 Å². The van der Waals surface area contributed by atoms with Gasteiger partial charge in [-0.15, -0.1) is 0 Å². The van der Waals surface area contributed by atoms with Gasteiger partial charge < -0.3 is 9.84 Å². The molecule has 1 aromatic heterocycles. The second-order valence-corrected chi connectivity index (χ2v) is 5.35. The van der Waals surface area contributed by atoms with Crippen molar-refractivity contribution in [3.05, 3.63) is 47.2 Å². The van der Waals surface area contributed by atoms with Gasteiger partial charge in [-0.25, -0.2) is 9.59 Å². The number of amides is 1. The van der Waals surface area contributed by atoms with E-state index in [0.29, 0.717) is 12.1 Å². The van der Waals surface area contributed by atoms with Gasteiger partial charge in [0.1, 0.15) is 17.2 Å². The summed E-state index contributed by atoms with van der Waals surface area (Å²) in [6, 6.07) is 9.23. The van der Waals surface area contributed by atoms with Crippen molar-refractivity contribution in [3.63, 3.8) is 0 Å². The molecular weight excluding hydrogens is 304 g/mol. The van der Waals surface area contributed by atoms with Gasteiger partial charge in [-0.3, -0.25) is 5.32 Å². The van der Waals surface area contributed by atoms with Crippen molar-refractivity contribution in [3.8, 4) is 0 Å². The molecule has 1 heterocycles. The predicted octanol–water partition coefficient (Wildman–Crippen LogP) is 3.54. The third kappa shape index (κ3) is 4.05. The molecule has 1 amide bonds. The number of aromatic nitrogens is 1. The summed E-state index contributed by atoms with van der Waals surface area (Å²) in [6.07, 6.45) is 0.638. The molecule has 2 rings (SSSR count). The van der Waals surface area contributed by atoms with E-state index in [2.05, 4.69) is 9.69 Å². The first-order valence-electron chi connectivity index (χ1n) is 6.81. The summed E-state index contributed by atoms with van der Waals surface area (Å²) < 4.78 is 9.16. The Morgan fingerprint density at radius 1 is 1.32 bits per heavy atom. The molecule has 0 bridgehead atoms. The number of hydrogen-bond donors (Lipinski definition) is 2. The van der Waals surface area contributed by atoms with Crippen molar-refractivity contribution in [2.75, 3.05) is 5.32 Å². The van der Waals surface area contributed by atoms with E-state index in [0.717, 1.165) is 23.5 Å². The van der Waals surface area contributed by atoms with Crippen LogP contribution in [0.15, 0.2) is 30.3 Å². The zero-order chi connectivity index (χ0) is 15.9. The fourth-order valence-corrected chi connectivity index (χ4v) is 2.70. The van der Waals surface area contributed by atoms with Crippen LogP contribution >= 0.6 is 11.5 Å². The number of nitrogens with one attached hydrogen (secondary N) is 1. The summed E-state index contributed by atoms with van der Waals surface area (Å²) in [4.78, 5) is 23.1. The van der Waals surface area contributed by atoms with Gasteiger partial charge in [0, 0.05) is 0 Å². The van der Waals surface area contributed by atoms with Crippen molar-refractivity contribution < 1.29 is 19.4 Å². The number of carboxylic acids is 1. The van der Waals surface area contributed by atoms with Gasteiger partial charge in [0.15, 0.2) is 0 Å². The average Bonchev–Trinajstić information content (AvgIpc) is 2.89. The average molecular weight is 320 g/mol. The number of anilines is 1. The number of hydrogen-bond acceptors (Lipinski definition) is 5. The number of carbonyl (C=O) groups is 2. The molecule has 0 saturated carbocycles. The summed E-state index contributed by atoms with van der Waals surface area (Å²) in [5, 5.41) is 11.9. The Bertz CT molecular complexity index is 655. The third-order valence-corrected chi connectivity index (χ3v) is 3.69. The van der Waals surface area contributed by atoms with Crippen molar-refractivity contribution in [1.29, 1.82) is 0 Å². The van der Waals surface area contributed by atoms with Crippen LogP contribution in [0.2, 0.25) is 0 Å². The number of rotatable bonds is 6. The highest BCUT2D eigenvalue weighted by Gasteiger charge is 2.21. The predicted molar refractivity (Wildman–Crippen MR) is 83.3 cm³/mol. The lowest BCUT2D eigenvalue weighted by Crippen LogP contribution is -2.15. The van der Waals surface area contributed by atoms with E-state index in [9.17, 15) is 14.7 Å². The minimum atomic E-state index is -1.10. The maximum absolute atomic E-state index is 11.8. The van der Waals surface area contributed by atoms with Crippen LogP contribution in [0.3, 0.4) is 0 Å². The van der Waals surface area contributed by atoms with Gasteiger partial charge in [0.2, 0.25) is 0 Å². The van der Waals surface area contributed by atoms with Crippen molar-refractivity contribution in [1.82, 2.24) is 4.37 Å². The quantitative estimate of drug-likeness (QED) is 0.850. The topological polar surface area (TPSA) is 88.5 Å². The normalized spacial score (nSPS) is 10.2. The number of carbonyl (C=O) groups excluding carboxylic acids is 1. The highest BCUT2D eigenvalue weighted by atomic mass is 32.1. The molecule has 116 valence electrons. The van der Waals surface area contributed by atoms with Crippen LogP contribution in [0.5, 0.6) is 0 Å². The second-order valence-electron chi connectivity index (χ2n) is 4.58. The fourth-order valence-electron chi connectivity index (χ4n) is 1.89. The van der Waals surface area contributed by atoms with Crippen LogP contribution in [-0.4, -0.2) is 21.5 Å². The number of benzene rings is 1. The summed E-state index contributed by atoms with van der Waals surface area (Å²) >= 11 is 0.952. The zero-order valence-corrected chi connectivity index (χ0v) is 12.9. The summed E-state index contributed by atoms with van der Waals surface area (Å²) in [5.74, 6) is -1.10. The van der Waals surface area contributed by atoms with Gasteiger partial charge in [-0.2, -0.15) is 4.37 Å². The lowest BCUT2D eigenvalue weighted by atomic mass is 10.1. The van der Waals surface area contributed by atoms with Crippen LogP contribution in [0, 0.1) is 0 Å². The number of ether oxygens (including phenoxy) is 1. The molecule has 7 heteroatoms. The van der Waals surface area contributed by atoms with Crippen molar-refractivity contribution in [2.24, 2.45) is 0 Å². The van der Waals surface area contributed by atoms with E-state index in [4.69, 9.17) is 4.74 Å². The first kappa shape index (κ1) is 16.0. The molecule has 0 unspecified atom stereocenters. The Morgan fingerprint density at radius 2 is 2.05 bits per heavy atom. The molecule has 0 atom stereocenters. The van der Waals surface area contributed by atoms with Gasteiger partial charge >= 0.3 is 12.1 Å². The minimum absolute atomic E-state index is 0.0449. The number of carboxylic acid groups (broad SMARTS) is 1. The Kier molecular flexibility index (Phi) is 5.48. The van der Waals surface area contributed by atoms with E-state index >= 15 is 0 Å². The van der Waals surface area contributed by atoms with E-state index in [1.165, 1.54) is 0 Å². The van der Waals surface area contributed by atoms with Gasteiger partial charge in [-0.1, -0.05) is 43.7 Å². The van der Waals surface area contributed by atoms with Crippen molar-refractivity contribution >= 4 is 28.6 Å². The highest BCUT2D eigenvalue weighted by molar-refractivity contribution is 7.11. The lowest BCUT2D eigenvalue weighted by Gasteiger charge is -2.06. The monoisotopic (exact) mass is 320 g/mol. The first-order chi connectivity index (χ1) is 10.6. The summed E-state index contributed by atoms with van der Waals surface area (Å²) in [7, 11) is 0. The van der Waals surface area contributed by atoms with Crippen LogP contribution in [0.4, 0.5) is 9.80 Å². The smallest absolute Gasteiger partial charge is 0.412 e. The van der Waals surface area contributed by atoms with E-state index in [1.54, 1.807) is 0 Å². The first-order valence-corrected chi connectivity index (χ1v) is 7.58. The SMILES string of the molecule is CCCc1nsc(NC(=O)OCc2ccccc2)c1C(=O)O. The molecule has 1 aromatic carbocycles. The second kappa shape index (κ2) is 7.56. The van der Waals surface area contributed by atoms with Crippen LogP contribution in [0.25, 0.3) is 0 Å². The number of aromatic carboxylic acids is 1. The summed E-state index contributed by atoms with van der Waals surface area (Å²) in [5.41, 5.74) is 1.38. The molecular formula is C15H16N2O4S. The highest BCUT2D eigenvalue weighted by Crippen LogP contribution is 2.26. The van der Waals surface area contributed by atoms with E-state index in [-0.39, 0.29) is 17.2 Å². The van der Waals surface area contributed by atoms with Crippen LogP contribution in [0.1, 0.15) is 35.0 Å². The molecule has 0 fully saturated rings. The number of nitrogens with zero attached hydrogens (tertiary/aromatic N) is 1. The van der Waals surface area contributed by atoms with E-state index < -0.39 is 12.1 Å². The Labute approximate surface area is 131 Å². The number of aryl methyl sites for hydroxylation is 1. The molecule has 0 aliphatic carbocycles. The fraction of sp³-hybridized carbons (Fsp3) is 0.267. The Balaban J connectivity index is 2.01. The molecule has 0 radical (unpaired) electrons. The molecule has 0 saturated heterocycles. The Morgan fingerprint density at radius 3 is 2.68 bits per heavy atom. The lowest BCUT2D eigenvalue weighted by molar-refractivity contribution is 0.0697. The Hall–Kier alpha value is -2.41. The van der Waals surface area contributed by atoms with Crippen LogP contribution in [-0.2, 0) is 17.8 Å². The molecule has 2 aromatic rings. The van der Waals surface area contributed by atoms with E-state index in [1.807, 2.05) is 37.3 Å². The summed E-state index contributed by atoms with van der Waals surface area (Å²) in [6.45, 7) is 2.06. The maximum atomic E-state index is 11.8. The molecule has 0 spiro atoms. The molecule has 2 N–H and O–H groups in total. The molecule has 0 aliphatic rings.